The molecule has 0 aliphatic carbocycles. The molecule has 8 heterocycles. The molecule has 0 saturated carbocycles. The largest absolute Gasteiger partial charge is 0.314 e. The number of hydrogen-bond acceptors (Lipinski definition) is 11. The standard InChI is InChI=1S/C10H8N2.C9H7N.C8H6N2.C4H10N2.2C4H4N2/c1-5-11-6-2-9(1)10-3-7-12-8-4-10;1-2-6-9-8(4-1)5-3-7-10-9;1-3-7-8(9-5-1)4-2-6-10-7;2*1-2-6-4-3-5-1;1-2-5-4-6-3-1/h1-8H;1-7H;1-6H;5-6H,1-4H2;2*1-4H. The Bertz CT molecular complexity index is 1630. The lowest BCUT2D eigenvalue weighted by atomic mass is 10.1. The maximum Gasteiger partial charge on any atom is 0.115 e. The van der Waals surface area contributed by atoms with Crippen LogP contribution in [0.4, 0.5) is 0 Å². The molecule has 1 aliphatic rings. The molecule has 0 radical (unpaired) electrons. The monoisotopic (exact) mass is 661 g/mol. The third kappa shape index (κ3) is 15.0. The molecule has 9 rings (SSSR count). The van der Waals surface area contributed by atoms with Crippen LogP contribution >= 0.6 is 0 Å². The first-order valence-electron chi connectivity index (χ1n) is 16.0. The number of pyridine rings is 5. The van der Waals surface area contributed by atoms with Gasteiger partial charge in [0.05, 0.1) is 16.6 Å². The lowest BCUT2D eigenvalue weighted by Gasteiger charge is -2.11. The van der Waals surface area contributed by atoms with E-state index in [1.54, 1.807) is 80.4 Å². The van der Waals surface area contributed by atoms with Gasteiger partial charge in [-0.3, -0.25) is 34.9 Å². The highest BCUT2D eigenvalue weighted by Crippen LogP contribution is 2.15. The first kappa shape index (κ1) is 36.4. The summed E-state index contributed by atoms with van der Waals surface area (Å²) >= 11 is 0. The third-order valence-electron chi connectivity index (χ3n) is 6.49. The van der Waals surface area contributed by atoms with E-state index in [1.807, 2.05) is 79.0 Å². The number of fused-ring (bicyclic) bond motifs is 2. The van der Waals surface area contributed by atoms with Crippen molar-refractivity contribution in [2.45, 2.75) is 0 Å². The predicted molar refractivity (Wildman–Crippen MR) is 199 cm³/mol. The van der Waals surface area contributed by atoms with E-state index < -0.39 is 0 Å². The van der Waals surface area contributed by atoms with Crippen molar-refractivity contribution in [1.82, 2.24) is 55.5 Å². The second-order valence-corrected chi connectivity index (χ2v) is 10.0. The first-order chi connectivity index (χ1) is 24.9. The van der Waals surface area contributed by atoms with Crippen LogP contribution in [0.5, 0.6) is 0 Å². The van der Waals surface area contributed by atoms with E-state index in [0.29, 0.717) is 0 Å². The zero-order valence-corrected chi connectivity index (χ0v) is 27.6. The molecular formula is C39H39N11. The molecule has 1 saturated heterocycles. The Morgan fingerprint density at radius 1 is 0.320 bits per heavy atom. The molecular weight excluding hydrogens is 623 g/mol. The second-order valence-electron chi connectivity index (χ2n) is 10.0. The molecule has 1 aromatic carbocycles. The van der Waals surface area contributed by atoms with Crippen molar-refractivity contribution in [3.63, 3.8) is 0 Å². The summed E-state index contributed by atoms with van der Waals surface area (Å²) in [6, 6.07) is 29.5. The Morgan fingerprint density at radius 2 is 0.720 bits per heavy atom. The summed E-state index contributed by atoms with van der Waals surface area (Å²) in [6.07, 6.45) is 23.9. The summed E-state index contributed by atoms with van der Waals surface area (Å²) in [5, 5.41) is 7.64. The van der Waals surface area contributed by atoms with Gasteiger partial charge in [0.15, 0.2) is 0 Å². The molecule has 1 fully saturated rings. The molecule has 250 valence electrons. The highest BCUT2D eigenvalue weighted by atomic mass is 15.0. The van der Waals surface area contributed by atoms with Crippen LogP contribution < -0.4 is 10.6 Å². The molecule has 11 heteroatoms. The zero-order valence-electron chi connectivity index (χ0n) is 27.6. The van der Waals surface area contributed by atoms with E-state index in [0.717, 1.165) is 42.7 Å². The van der Waals surface area contributed by atoms with Crippen molar-refractivity contribution in [2.24, 2.45) is 0 Å². The number of para-hydroxylation sites is 1. The lowest BCUT2D eigenvalue weighted by Crippen LogP contribution is -2.39. The van der Waals surface area contributed by atoms with Gasteiger partial charge in [-0.05, 0) is 77.9 Å². The van der Waals surface area contributed by atoms with Gasteiger partial charge in [-0.15, -0.1) is 0 Å². The molecule has 1 aliphatic heterocycles. The Morgan fingerprint density at radius 3 is 1.12 bits per heavy atom. The smallest absolute Gasteiger partial charge is 0.115 e. The van der Waals surface area contributed by atoms with Gasteiger partial charge >= 0.3 is 0 Å². The van der Waals surface area contributed by atoms with E-state index in [-0.39, 0.29) is 0 Å². The molecule has 2 N–H and O–H groups in total. The summed E-state index contributed by atoms with van der Waals surface area (Å²) in [5.41, 5.74) is 5.31. The van der Waals surface area contributed by atoms with Gasteiger partial charge in [-0.1, -0.05) is 24.3 Å². The Hall–Kier alpha value is -6.43. The fourth-order valence-corrected chi connectivity index (χ4v) is 4.12. The normalized spacial score (nSPS) is 11.1. The molecule has 50 heavy (non-hydrogen) atoms. The lowest BCUT2D eigenvalue weighted by molar-refractivity contribution is 0.534. The number of hydrogen-bond donors (Lipinski definition) is 2. The van der Waals surface area contributed by atoms with Crippen LogP contribution in [0.15, 0.2) is 178 Å². The second kappa shape index (κ2) is 23.8. The minimum absolute atomic E-state index is 0.949. The molecule has 7 aromatic heterocycles. The van der Waals surface area contributed by atoms with Gasteiger partial charge in [0.2, 0.25) is 0 Å². The number of benzene rings is 1. The molecule has 11 nitrogen and oxygen atoms in total. The minimum atomic E-state index is 0.949. The van der Waals surface area contributed by atoms with E-state index in [4.69, 9.17) is 0 Å². The van der Waals surface area contributed by atoms with Crippen molar-refractivity contribution in [1.29, 1.82) is 0 Å². The summed E-state index contributed by atoms with van der Waals surface area (Å²) in [7, 11) is 0. The van der Waals surface area contributed by atoms with Gasteiger partial charge in [0.25, 0.3) is 0 Å². The van der Waals surface area contributed by atoms with Crippen molar-refractivity contribution >= 4 is 21.9 Å². The van der Waals surface area contributed by atoms with Crippen LogP contribution in [0, 0.1) is 0 Å². The van der Waals surface area contributed by atoms with Crippen molar-refractivity contribution < 1.29 is 0 Å². The van der Waals surface area contributed by atoms with Gasteiger partial charge < -0.3 is 10.6 Å². The molecule has 0 atom stereocenters. The van der Waals surface area contributed by atoms with Crippen LogP contribution in [0.1, 0.15) is 0 Å². The van der Waals surface area contributed by atoms with Gasteiger partial charge in [0.1, 0.15) is 6.33 Å². The SMILES string of the molecule is C1CNCCN1.c1cc(-c2ccncc2)ccn1.c1ccc2ncccc2c1.c1cnc2cccnc2c1.c1cnccn1.c1cncnc1. The summed E-state index contributed by atoms with van der Waals surface area (Å²) < 4.78 is 0. The summed E-state index contributed by atoms with van der Waals surface area (Å²) in [4.78, 5) is 35.1. The minimum Gasteiger partial charge on any atom is -0.314 e. The van der Waals surface area contributed by atoms with Gasteiger partial charge in [0, 0.05) is 112 Å². The van der Waals surface area contributed by atoms with E-state index in [9.17, 15) is 0 Å². The number of nitrogens with zero attached hydrogens (tertiary/aromatic N) is 9. The fraction of sp³-hybridized carbons (Fsp3) is 0.103. The van der Waals surface area contributed by atoms with Crippen molar-refractivity contribution in [2.75, 3.05) is 26.2 Å². The number of aromatic nitrogens is 9. The van der Waals surface area contributed by atoms with E-state index in [1.165, 1.54) is 22.8 Å². The average Bonchev–Trinajstić information content (AvgIpc) is 3.25. The van der Waals surface area contributed by atoms with Crippen LogP contribution in [0.2, 0.25) is 0 Å². The highest BCUT2D eigenvalue weighted by Gasteiger charge is 1.93. The van der Waals surface area contributed by atoms with Crippen LogP contribution in [0.3, 0.4) is 0 Å². The van der Waals surface area contributed by atoms with Gasteiger partial charge in [-0.25, -0.2) is 9.97 Å². The molecule has 0 bridgehead atoms. The predicted octanol–water partition coefficient (Wildman–Crippen LogP) is 6.14. The topological polar surface area (TPSA) is 140 Å². The molecule has 0 unspecified atom stereocenters. The first-order valence-corrected chi connectivity index (χ1v) is 16.0. The van der Waals surface area contributed by atoms with Gasteiger partial charge in [-0.2, -0.15) is 0 Å². The van der Waals surface area contributed by atoms with Crippen LogP contribution in [0.25, 0.3) is 33.1 Å². The van der Waals surface area contributed by atoms with Crippen LogP contribution in [-0.4, -0.2) is 71.0 Å². The average molecular weight is 662 g/mol. The zero-order chi connectivity index (χ0) is 34.6. The number of piperazine rings is 1. The fourth-order valence-electron chi connectivity index (χ4n) is 4.12. The molecule has 8 aromatic rings. The maximum absolute atomic E-state index is 4.18. The van der Waals surface area contributed by atoms with Crippen molar-refractivity contribution in [3.8, 4) is 11.1 Å². The number of nitrogens with one attached hydrogen (secondary N) is 2. The Labute approximate surface area is 292 Å². The third-order valence-corrected chi connectivity index (χ3v) is 6.49. The maximum atomic E-state index is 4.18. The van der Waals surface area contributed by atoms with Crippen molar-refractivity contribution in [3.05, 3.63) is 178 Å². The Kier molecular flexibility index (Phi) is 17.3. The quantitative estimate of drug-likeness (QED) is 0.210. The summed E-state index contributed by atoms with van der Waals surface area (Å²) in [5.74, 6) is 0. The Balaban J connectivity index is 0.000000138. The molecule has 0 spiro atoms. The summed E-state index contributed by atoms with van der Waals surface area (Å²) in [6.45, 7) is 4.56. The molecule has 0 amide bonds. The van der Waals surface area contributed by atoms with Crippen LogP contribution in [-0.2, 0) is 0 Å². The van der Waals surface area contributed by atoms with E-state index >= 15 is 0 Å². The van der Waals surface area contributed by atoms with E-state index in [2.05, 4.69) is 67.6 Å². The highest BCUT2D eigenvalue weighted by molar-refractivity contribution is 5.77. The number of rotatable bonds is 1.